The first-order chi connectivity index (χ1) is 14.5. The van der Waals surface area contributed by atoms with Gasteiger partial charge in [0.2, 0.25) is 5.76 Å². The van der Waals surface area contributed by atoms with Crippen LogP contribution in [0.25, 0.3) is 5.57 Å². The smallest absolute Gasteiger partial charge is 0.374 e. The fraction of sp³-hybridized carbons (Fsp3) is 0.217. The second kappa shape index (κ2) is 9.71. The molecule has 5 nitrogen and oxygen atoms in total. The quantitative estimate of drug-likeness (QED) is 0.546. The van der Waals surface area contributed by atoms with Crippen molar-refractivity contribution in [1.82, 2.24) is 0 Å². The fourth-order valence-electron chi connectivity index (χ4n) is 3.11. The van der Waals surface area contributed by atoms with Gasteiger partial charge in [0.25, 0.3) is 0 Å². The Morgan fingerprint density at radius 1 is 1.00 bits per heavy atom. The van der Waals surface area contributed by atoms with Crippen molar-refractivity contribution in [2.24, 2.45) is 0 Å². The summed E-state index contributed by atoms with van der Waals surface area (Å²) in [5, 5.41) is 0. The molecule has 1 atom stereocenters. The number of ether oxygens (including phenoxy) is 3. The minimum atomic E-state index is -0.853. The Bertz CT molecular complexity index is 1010. The number of carbonyl (C=O) groups is 2. The minimum Gasteiger partial charge on any atom is -0.472 e. The van der Waals surface area contributed by atoms with Gasteiger partial charge in [0.05, 0.1) is 13.2 Å². The third kappa shape index (κ3) is 4.46. The second-order valence-electron chi connectivity index (χ2n) is 6.29. The predicted octanol–water partition coefficient (Wildman–Crippen LogP) is 5.08. The zero-order valence-corrected chi connectivity index (χ0v) is 18.1. The summed E-state index contributed by atoms with van der Waals surface area (Å²) in [5.74, 6) is -2.23. The number of halogens is 2. The number of benzene rings is 2. The maximum atomic E-state index is 13.9. The standard InChI is InChI=1S/C23H20BrFO5/c1-3-28-22(26)18-17(14-9-6-5-7-10-14)19(24)20(15-11-8-12-16(25)13-15)30-21(18)23(27)29-4-2/h5-13,20H,3-4H2,1-2H3. The first kappa shape index (κ1) is 21.8. The number of hydrogen-bond donors (Lipinski definition) is 0. The monoisotopic (exact) mass is 474 g/mol. The molecule has 2 aromatic rings. The Hall–Kier alpha value is -2.93. The highest BCUT2D eigenvalue weighted by Gasteiger charge is 2.39. The third-order valence-electron chi connectivity index (χ3n) is 4.34. The molecule has 0 bridgehead atoms. The number of carbonyl (C=O) groups excluding carboxylic acids is 2. The Morgan fingerprint density at radius 3 is 2.30 bits per heavy atom. The Morgan fingerprint density at radius 2 is 1.67 bits per heavy atom. The summed E-state index contributed by atoms with van der Waals surface area (Å²) in [6, 6.07) is 14.9. The van der Waals surface area contributed by atoms with E-state index in [4.69, 9.17) is 14.2 Å². The molecule has 7 heteroatoms. The lowest BCUT2D eigenvalue weighted by Crippen LogP contribution is -2.25. The van der Waals surface area contributed by atoms with Crippen LogP contribution in [0.5, 0.6) is 0 Å². The van der Waals surface area contributed by atoms with Gasteiger partial charge in [0.1, 0.15) is 11.4 Å². The Labute approximate surface area is 182 Å². The van der Waals surface area contributed by atoms with E-state index >= 15 is 0 Å². The van der Waals surface area contributed by atoms with E-state index < -0.39 is 23.9 Å². The summed E-state index contributed by atoms with van der Waals surface area (Å²) in [7, 11) is 0. The maximum absolute atomic E-state index is 13.9. The van der Waals surface area contributed by atoms with Crippen LogP contribution >= 0.6 is 15.9 Å². The van der Waals surface area contributed by atoms with Crippen LogP contribution in [0, 0.1) is 5.82 Å². The van der Waals surface area contributed by atoms with Crippen molar-refractivity contribution in [2.45, 2.75) is 20.0 Å². The van der Waals surface area contributed by atoms with Crippen LogP contribution in [0.15, 0.2) is 70.4 Å². The molecule has 0 spiro atoms. The predicted molar refractivity (Wildman–Crippen MR) is 113 cm³/mol. The molecular formula is C23H20BrFO5. The summed E-state index contributed by atoms with van der Waals surface area (Å²) in [4.78, 5) is 25.6. The lowest BCUT2D eigenvalue weighted by molar-refractivity contribution is -0.146. The number of esters is 2. The van der Waals surface area contributed by atoms with Crippen LogP contribution in [0.4, 0.5) is 4.39 Å². The SMILES string of the molecule is CCOC(=O)C1=C(C(=O)OCC)C(c2ccccc2)=C(Br)C(c2cccc(F)c2)O1. The Balaban J connectivity index is 2.27. The van der Waals surface area contributed by atoms with E-state index in [1.807, 2.05) is 18.2 Å². The van der Waals surface area contributed by atoms with Gasteiger partial charge in [-0.15, -0.1) is 0 Å². The lowest BCUT2D eigenvalue weighted by atomic mass is 9.91. The van der Waals surface area contributed by atoms with E-state index in [0.717, 1.165) is 0 Å². The molecule has 0 N–H and O–H groups in total. The van der Waals surface area contributed by atoms with Crippen LogP contribution in [0.1, 0.15) is 31.1 Å². The van der Waals surface area contributed by atoms with Crippen molar-refractivity contribution < 1.29 is 28.2 Å². The molecule has 0 amide bonds. The van der Waals surface area contributed by atoms with E-state index in [1.54, 1.807) is 38.1 Å². The van der Waals surface area contributed by atoms with Gasteiger partial charge in [0, 0.05) is 15.6 Å². The zero-order chi connectivity index (χ0) is 21.7. The number of rotatable bonds is 6. The van der Waals surface area contributed by atoms with Gasteiger partial charge in [-0.25, -0.2) is 14.0 Å². The summed E-state index contributed by atoms with van der Waals surface area (Å²) in [5.41, 5.74) is 1.53. The van der Waals surface area contributed by atoms with Crippen LogP contribution in [-0.2, 0) is 23.8 Å². The molecule has 2 aromatic carbocycles. The van der Waals surface area contributed by atoms with Crippen LogP contribution < -0.4 is 0 Å². The highest BCUT2D eigenvalue weighted by Crippen LogP contribution is 2.46. The van der Waals surface area contributed by atoms with Gasteiger partial charge in [-0.3, -0.25) is 0 Å². The molecule has 1 aliphatic rings. The average Bonchev–Trinajstić information content (AvgIpc) is 2.74. The largest absolute Gasteiger partial charge is 0.472 e. The molecule has 0 aliphatic carbocycles. The molecule has 0 radical (unpaired) electrons. The van der Waals surface area contributed by atoms with E-state index in [1.165, 1.54) is 12.1 Å². The molecule has 0 saturated carbocycles. The highest BCUT2D eigenvalue weighted by molar-refractivity contribution is 9.11. The summed E-state index contributed by atoms with van der Waals surface area (Å²) in [6.07, 6.45) is -0.853. The molecule has 3 rings (SSSR count). The van der Waals surface area contributed by atoms with Crippen molar-refractivity contribution in [3.63, 3.8) is 0 Å². The van der Waals surface area contributed by atoms with E-state index in [-0.39, 0.29) is 24.5 Å². The topological polar surface area (TPSA) is 61.8 Å². The van der Waals surface area contributed by atoms with Crippen molar-refractivity contribution in [3.05, 3.63) is 87.4 Å². The van der Waals surface area contributed by atoms with Crippen molar-refractivity contribution >= 4 is 33.4 Å². The summed E-state index contributed by atoms with van der Waals surface area (Å²) >= 11 is 3.53. The van der Waals surface area contributed by atoms with Crippen molar-refractivity contribution in [2.75, 3.05) is 13.2 Å². The van der Waals surface area contributed by atoms with Gasteiger partial charge in [0.15, 0.2) is 6.10 Å². The van der Waals surface area contributed by atoms with Crippen molar-refractivity contribution in [3.8, 4) is 0 Å². The van der Waals surface area contributed by atoms with E-state index in [9.17, 15) is 14.0 Å². The second-order valence-corrected chi connectivity index (χ2v) is 7.14. The molecule has 0 saturated heterocycles. The third-order valence-corrected chi connectivity index (χ3v) is 5.15. The first-order valence-corrected chi connectivity index (χ1v) is 10.2. The fourth-order valence-corrected chi connectivity index (χ4v) is 3.89. The van der Waals surface area contributed by atoms with Gasteiger partial charge >= 0.3 is 11.9 Å². The molecule has 1 aliphatic heterocycles. The zero-order valence-electron chi connectivity index (χ0n) is 16.5. The molecule has 0 fully saturated rings. The Kier molecular flexibility index (Phi) is 7.05. The average molecular weight is 475 g/mol. The lowest BCUT2D eigenvalue weighted by Gasteiger charge is -2.29. The van der Waals surface area contributed by atoms with E-state index in [0.29, 0.717) is 21.2 Å². The number of hydrogen-bond acceptors (Lipinski definition) is 5. The molecule has 1 unspecified atom stereocenters. The molecule has 156 valence electrons. The van der Waals surface area contributed by atoms with Crippen LogP contribution in [0.2, 0.25) is 0 Å². The molecule has 1 heterocycles. The molecule has 0 aromatic heterocycles. The normalized spacial score (nSPS) is 16.2. The minimum absolute atomic E-state index is 0.0407. The van der Waals surface area contributed by atoms with Crippen LogP contribution in [0.3, 0.4) is 0 Å². The van der Waals surface area contributed by atoms with Gasteiger partial charge < -0.3 is 14.2 Å². The van der Waals surface area contributed by atoms with Gasteiger partial charge in [-0.2, -0.15) is 0 Å². The molecule has 30 heavy (non-hydrogen) atoms. The van der Waals surface area contributed by atoms with Gasteiger partial charge in [-0.05, 0) is 31.5 Å². The van der Waals surface area contributed by atoms with Gasteiger partial charge in [-0.1, -0.05) is 58.4 Å². The highest BCUT2D eigenvalue weighted by atomic mass is 79.9. The summed E-state index contributed by atoms with van der Waals surface area (Å²) in [6.45, 7) is 3.53. The summed E-state index contributed by atoms with van der Waals surface area (Å²) < 4.78 is 30.6. The maximum Gasteiger partial charge on any atom is 0.374 e. The first-order valence-electron chi connectivity index (χ1n) is 9.44. The molecular weight excluding hydrogens is 455 g/mol. The van der Waals surface area contributed by atoms with Crippen LogP contribution in [-0.4, -0.2) is 25.2 Å². The van der Waals surface area contributed by atoms with Crippen molar-refractivity contribution in [1.29, 1.82) is 0 Å². The van der Waals surface area contributed by atoms with E-state index in [2.05, 4.69) is 15.9 Å².